The van der Waals surface area contributed by atoms with Gasteiger partial charge in [-0.25, -0.2) is 9.97 Å². The van der Waals surface area contributed by atoms with Crippen LogP contribution in [0.4, 0.5) is 5.82 Å². The molecule has 2 aromatic heterocycles. The molecule has 3 rings (SSSR count). The van der Waals surface area contributed by atoms with Gasteiger partial charge in [0.15, 0.2) is 5.82 Å². The zero-order chi connectivity index (χ0) is 30.5. The third kappa shape index (κ3) is 12.5. The van der Waals surface area contributed by atoms with Crippen molar-refractivity contribution in [3.8, 4) is 0 Å². The van der Waals surface area contributed by atoms with E-state index in [1.807, 2.05) is 22.9 Å². The maximum atomic E-state index is 12.4. The number of nitrogens with two attached hydrogens (primary N) is 1. The number of carbonyl (C=O) groups is 1. The van der Waals surface area contributed by atoms with Crippen LogP contribution in [0.15, 0.2) is 24.3 Å². The van der Waals surface area contributed by atoms with E-state index in [0.717, 1.165) is 73.6 Å². The van der Waals surface area contributed by atoms with Crippen LogP contribution in [0.5, 0.6) is 0 Å². The third-order valence-corrected chi connectivity index (χ3v) is 8.68. The average molecular weight is 593 g/mol. The van der Waals surface area contributed by atoms with Crippen LogP contribution in [0.2, 0.25) is 0 Å². The Labute approximate surface area is 261 Å². The van der Waals surface area contributed by atoms with Crippen molar-refractivity contribution in [3.05, 3.63) is 30.1 Å². The largest absolute Gasteiger partial charge is 0.412 e. The zero-order valence-electron chi connectivity index (χ0n) is 27.5. The smallest absolute Gasteiger partial charge is 0.152 e. The van der Waals surface area contributed by atoms with E-state index in [4.69, 9.17) is 15.6 Å². The standard InChI is InChI=1S/C37H60N4O2/c1-3-5-7-8-9-10-11-12-13-14-15-16-17-18-20-25-31(42)26-21-19-24-30-43-41-34(29-6-4-2)40-35-36(41)32-27-22-23-28-33(32)39-37(35)38/h22-23,27-28H,3-21,24-26,29-30H2,1-2H3,(H2,38,39). The van der Waals surface area contributed by atoms with Crippen molar-refractivity contribution >= 4 is 33.5 Å². The lowest BCUT2D eigenvalue weighted by molar-refractivity contribution is -0.119. The number of Topliss-reactive ketones (excluding diaryl/α,β-unsaturated/α-hetero) is 1. The van der Waals surface area contributed by atoms with E-state index in [2.05, 4.69) is 24.9 Å². The summed E-state index contributed by atoms with van der Waals surface area (Å²) in [6.45, 7) is 5.06. The number of unbranched alkanes of at least 4 members (excludes halogenated alkanes) is 17. The van der Waals surface area contributed by atoms with Crippen LogP contribution >= 0.6 is 0 Å². The molecule has 0 unspecified atom stereocenters. The molecule has 0 aliphatic carbocycles. The minimum atomic E-state index is 0.424. The summed E-state index contributed by atoms with van der Waals surface area (Å²) in [5.74, 6) is 1.77. The Bertz CT molecular complexity index is 1190. The Morgan fingerprint density at radius 2 is 1.23 bits per heavy atom. The Morgan fingerprint density at radius 3 is 1.84 bits per heavy atom. The highest BCUT2D eigenvalue weighted by Gasteiger charge is 2.18. The van der Waals surface area contributed by atoms with Gasteiger partial charge in [-0.1, -0.05) is 128 Å². The van der Waals surface area contributed by atoms with Crippen molar-refractivity contribution in [2.75, 3.05) is 12.3 Å². The second-order valence-corrected chi connectivity index (χ2v) is 12.5. The van der Waals surface area contributed by atoms with Gasteiger partial charge in [-0.3, -0.25) is 4.79 Å². The fourth-order valence-electron chi connectivity index (χ4n) is 6.03. The van der Waals surface area contributed by atoms with Crippen molar-refractivity contribution in [2.45, 2.75) is 162 Å². The number of imidazole rings is 1. The van der Waals surface area contributed by atoms with Crippen LogP contribution < -0.4 is 10.6 Å². The molecular formula is C37H60N4O2. The van der Waals surface area contributed by atoms with Crippen LogP contribution in [0.25, 0.3) is 21.9 Å². The number of carbonyl (C=O) groups excluding carboxylic acids is 1. The molecule has 0 radical (unpaired) electrons. The lowest BCUT2D eigenvalue weighted by atomic mass is 10.0. The molecule has 0 amide bonds. The van der Waals surface area contributed by atoms with Gasteiger partial charge in [0.1, 0.15) is 29.2 Å². The van der Waals surface area contributed by atoms with Crippen LogP contribution in [-0.4, -0.2) is 27.1 Å². The number of hydrogen-bond donors (Lipinski definition) is 1. The average Bonchev–Trinajstić information content (AvgIpc) is 3.38. The van der Waals surface area contributed by atoms with Crippen molar-refractivity contribution in [2.24, 2.45) is 0 Å². The minimum Gasteiger partial charge on any atom is -0.412 e. The summed E-state index contributed by atoms with van der Waals surface area (Å²) in [7, 11) is 0. The van der Waals surface area contributed by atoms with Crippen LogP contribution in [0.3, 0.4) is 0 Å². The molecule has 2 heterocycles. The van der Waals surface area contributed by atoms with Gasteiger partial charge >= 0.3 is 0 Å². The van der Waals surface area contributed by atoms with Crippen molar-refractivity contribution < 1.29 is 9.63 Å². The number of nitrogens with zero attached hydrogens (tertiary/aromatic N) is 3. The number of benzene rings is 1. The number of fused-ring (bicyclic) bond motifs is 3. The predicted molar refractivity (Wildman–Crippen MR) is 183 cm³/mol. The number of aromatic nitrogens is 3. The molecule has 0 aliphatic rings. The summed E-state index contributed by atoms with van der Waals surface area (Å²) < 4.78 is 1.90. The molecule has 0 saturated carbocycles. The number of rotatable bonds is 26. The number of ketones is 1. The normalized spacial score (nSPS) is 11.6. The summed E-state index contributed by atoms with van der Waals surface area (Å²) in [5, 5.41) is 1.01. The molecular weight excluding hydrogens is 532 g/mol. The second kappa shape index (κ2) is 21.1. The van der Waals surface area contributed by atoms with Crippen molar-refractivity contribution in [1.29, 1.82) is 0 Å². The van der Waals surface area contributed by atoms with Gasteiger partial charge in [0.25, 0.3) is 0 Å². The molecule has 0 saturated heterocycles. The van der Waals surface area contributed by atoms with Gasteiger partial charge in [0, 0.05) is 24.6 Å². The van der Waals surface area contributed by atoms with Crippen LogP contribution in [0.1, 0.15) is 161 Å². The van der Waals surface area contributed by atoms with Gasteiger partial charge < -0.3 is 10.6 Å². The molecule has 0 spiro atoms. The Morgan fingerprint density at radius 1 is 0.698 bits per heavy atom. The molecule has 3 aromatic rings. The number of aryl methyl sites for hydroxylation is 1. The molecule has 0 fully saturated rings. The molecule has 6 nitrogen and oxygen atoms in total. The summed E-state index contributed by atoms with van der Waals surface area (Å²) in [5.41, 5.74) is 8.76. The maximum absolute atomic E-state index is 12.4. The molecule has 0 atom stereocenters. The highest BCUT2D eigenvalue weighted by molar-refractivity contribution is 6.06. The summed E-state index contributed by atoms with van der Waals surface area (Å²) in [6, 6.07) is 8.02. The topological polar surface area (TPSA) is 83.0 Å². The van der Waals surface area contributed by atoms with E-state index in [0.29, 0.717) is 30.1 Å². The van der Waals surface area contributed by atoms with Crippen LogP contribution in [-0.2, 0) is 11.2 Å². The third-order valence-electron chi connectivity index (χ3n) is 8.68. The first kappa shape index (κ1) is 34.9. The number of anilines is 1. The number of para-hydroxylation sites is 1. The molecule has 0 aliphatic heterocycles. The van der Waals surface area contributed by atoms with Crippen LogP contribution in [0, 0.1) is 0 Å². The number of hydrogen-bond acceptors (Lipinski definition) is 5. The highest BCUT2D eigenvalue weighted by atomic mass is 16.7. The molecule has 43 heavy (non-hydrogen) atoms. The first-order valence-corrected chi connectivity index (χ1v) is 17.9. The summed E-state index contributed by atoms with van der Waals surface area (Å²) >= 11 is 0. The van der Waals surface area contributed by atoms with E-state index in [-0.39, 0.29) is 0 Å². The van der Waals surface area contributed by atoms with Gasteiger partial charge in [-0.15, -0.1) is 0 Å². The Balaban J connectivity index is 1.23. The molecule has 2 N–H and O–H groups in total. The first-order valence-electron chi connectivity index (χ1n) is 17.9. The number of nitrogen functional groups attached to an aromatic ring is 1. The molecule has 0 bridgehead atoms. The van der Waals surface area contributed by atoms with Gasteiger partial charge in [0.05, 0.1) is 5.52 Å². The van der Waals surface area contributed by atoms with E-state index in [1.165, 1.54) is 89.9 Å². The lowest BCUT2D eigenvalue weighted by Crippen LogP contribution is -2.16. The summed E-state index contributed by atoms with van der Waals surface area (Å²) in [4.78, 5) is 28.1. The van der Waals surface area contributed by atoms with E-state index >= 15 is 0 Å². The quantitative estimate of drug-likeness (QED) is 0.0938. The van der Waals surface area contributed by atoms with Crippen molar-refractivity contribution in [3.63, 3.8) is 0 Å². The maximum Gasteiger partial charge on any atom is 0.152 e. The van der Waals surface area contributed by atoms with E-state index < -0.39 is 0 Å². The molecule has 240 valence electrons. The second-order valence-electron chi connectivity index (χ2n) is 12.5. The lowest BCUT2D eigenvalue weighted by Gasteiger charge is -2.12. The summed E-state index contributed by atoms with van der Waals surface area (Å²) in [6.07, 6.45) is 27.6. The fraction of sp³-hybridized carbons (Fsp3) is 0.703. The predicted octanol–water partition coefficient (Wildman–Crippen LogP) is 10.3. The highest BCUT2D eigenvalue weighted by Crippen LogP contribution is 2.28. The molecule has 6 heteroatoms. The van der Waals surface area contributed by atoms with E-state index in [9.17, 15) is 4.79 Å². The molecule has 1 aromatic carbocycles. The van der Waals surface area contributed by atoms with Crippen molar-refractivity contribution in [1.82, 2.24) is 14.7 Å². The van der Waals surface area contributed by atoms with Gasteiger partial charge in [-0.2, -0.15) is 4.73 Å². The zero-order valence-corrected chi connectivity index (χ0v) is 27.5. The minimum absolute atomic E-state index is 0.424. The van der Waals surface area contributed by atoms with Gasteiger partial charge in [0.2, 0.25) is 0 Å². The fourth-order valence-corrected chi connectivity index (χ4v) is 6.03. The number of pyridine rings is 1. The van der Waals surface area contributed by atoms with E-state index in [1.54, 1.807) is 0 Å². The Hall–Kier alpha value is -2.63. The first-order chi connectivity index (χ1) is 21.2. The monoisotopic (exact) mass is 592 g/mol. The Kier molecular flexibility index (Phi) is 17.1. The van der Waals surface area contributed by atoms with Gasteiger partial charge in [-0.05, 0) is 38.2 Å². The SMILES string of the molecule is CCCCCCCCCCCCCCCCCC(=O)CCCCCOn1c(CCCC)nc2c(N)nc3ccccc3c21.